The number of rotatable bonds is 5. The first-order chi connectivity index (χ1) is 15.8. The monoisotopic (exact) mass is 613 g/mol. The van der Waals surface area contributed by atoms with Crippen molar-refractivity contribution in [3.63, 3.8) is 0 Å². The van der Waals surface area contributed by atoms with Gasteiger partial charge in [0.2, 0.25) is 0 Å². The van der Waals surface area contributed by atoms with Crippen LogP contribution in [0.5, 0.6) is 5.75 Å². The highest BCUT2D eigenvalue weighted by Gasteiger charge is 2.32. The molecule has 0 radical (unpaired) electrons. The van der Waals surface area contributed by atoms with E-state index in [9.17, 15) is 18.0 Å². The van der Waals surface area contributed by atoms with Crippen molar-refractivity contribution in [2.45, 2.75) is 39.7 Å². The lowest BCUT2D eigenvalue weighted by Crippen LogP contribution is -2.33. The molecule has 178 valence electrons. The number of hydrogen-bond donors (Lipinski definition) is 0. The molecule has 0 amide bonds. The fourth-order valence-corrected chi connectivity index (χ4v) is 5.10. The molecule has 1 atom stereocenters. The van der Waals surface area contributed by atoms with Gasteiger partial charge in [-0.3, -0.25) is 4.79 Å². The van der Waals surface area contributed by atoms with Gasteiger partial charge in [0.15, 0.2) is 0 Å². The van der Waals surface area contributed by atoms with Crippen molar-refractivity contribution in [2.24, 2.45) is 0 Å². The second-order valence-electron chi connectivity index (χ2n) is 6.74. The third-order valence-electron chi connectivity index (χ3n) is 4.85. The van der Waals surface area contributed by atoms with Gasteiger partial charge < -0.3 is 14.2 Å². The molecule has 1 aromatic carbocycles. The van der Waals surface area contributed by atoms with Crippen molar-refractivity contribution in [2.75, 3.05) is 11.4 Å². The van der Waals surface area contributed by atoms with E-state index in [1.54, 1.807) is 24.7 Å². The molecule has 0 bridgehead atoms. The normalized spacial score (nSPS) is 13.6. The molecule has 0 aliphatic carbocycles. The van der Waals surface area contributed by atoms with Crippen LogP contribution in [0.2, 0.25) is 5.02 Å². The summed E-state index contributed by atoms with van der Waals surface area (Å²) in [5.41, 5.74) is 2.30. The van der Waals surface area contributed by atoms with Crippen LogP contribution in [0.4, 0.5) is 18.9 Å². The Kier molecular flexibility index (Phi) is 8.63. The average molecular weight is 614 g/mol. The zero-order chi connectivity index (χ0) is 24.2. The lowest BCUT2D eigenvalue weighted by Gasteiger charge is -2.29. The molecule has 0 fully saturated rings. The molecular formula is C20H21ClF3IN5O2P. The number of anilines is 1. The zero-order valence-corrected chi connectivity index (χ0v) is 21.6. The van der Waals surface area contributed by atoms with Crippen LogP contribution in [0.25, 0.3) is 0 Å². The Morgan fingerprint density at radius 3 is 2.70 bits per heavy atom. The summed E-state index contributed by atoms with van der Waals surface area (Å²) in [6.45, 7) is 5.18. The van der Waals surface area contributed by atoms with E-state index in [-0.39, 0.29) is 29.3 Å². The quantitative estimate of drug-likeness (QED) is 0.284. The fourth-order valence-electron chi connectivity index (χ4n) is 3.46. The maximum absolute atomic E-state index is 12.7. The van der Waals surface area contributed by atoms with Gasteiger partial charge in [0.25, 0.3) is 5.56 Å². The highest BCUT2D eigenvalue weighted by atomic mass is 127. The number of ether oxygens (including phenoxy) is 1. The molecule has 3 aromatic rings. The average Bonchev–Trinajstić information content (AvgIpc) is 3.19. The molecule has 13 heteroatoms. The minimum absolute atomic E-state index is 0.111. The topological polar surface area (TPSA) is 65.2 Å². The van der Waals surface area contributed by atoms with Crippen molar-refractivity contribution in [1.82, 2.24) is 19.1 Å². The van der Waals surface area contributed by atoms with Crippen molar-refractivity contribution in [1.29, 1.82) is 0 Å². The highest BCUT2D eigenvalue weighted by molar-refractivity contribution is 14.2. The van der Waals surface area contributed by atoms with Crippen LogP contribution in [0.3, 0.4) is 0 Å². The summed E-state index contributed by atoms with van der Waals surface area (Å²) in [7, 11) is 0. The van der Waals surface area contributed by atoms with E-state index in [0.717, 1.165) is 11.4 Å². The van der Waals surface area contributed by atoms with Crippen LogP contribution < -0.4 is 15.2 Å². The highest BCUT2D eigenvalue weighted by Crippen LogP contribution is 2.31. The first kappa shape index (κ1) is 25.8. The minimum Gasteiger partial charge on any atom is -0.405 e. The van der Waals surface area contributed by atoms with Crippen molar-refractivity contribution >= 4 is 45.7 Å². The van der Waals surface area contributed by atoms with Crippen LogP contribution in [-0.4, -0.2) is 32.0 Å². The second-order valence-corrected chi connectivity index (χ2v) is 9.16. The van der Waals surface area contributed by atoms with Gasteiger partial charge >= 0.3 is 6.36 Å². The van der Waals surface area contributed by atoms with Crippen LogP contribution in [0, 0.1) is 0 Å². The third-order valence-corrected chi connectivity index (χ3v) is 7.06. The van der Waals surface area contributed by atoms with Gasteiger partial charge in [0.05, 0.1) is 43.4 Å². The van der Waals surface area contributed by atoms with Gasteiger partial charge in [-0.15, -0.1) is 13.2 Å². The summed E-state index contributed by atoms with van der Waals surface area (Å²) >= 11 is 8.33. The number of nitrogens with zero attached hydrogens (tertiary/aromatic N) is 5. The number of halogens is 5. The fraction of sp³-hybridized carbons (Fsp3) is 0.350. The van der Waals surface area contributed by atoms with Gasteiger partial charge in [-0.1, -0.05) is 43.6 Å². The summed E-state index contributed by atoms with van der Waals surface area (Å²) in [6.07, 6.45) is -0.846. The molecule has 33 heavy (non-hydrogen) atoms. The zero-order valence-electron chi connectivity index (χ0n) is 17.7. The predicted octanol–water partition coefficient (Wildman–Crippen LogP) is 5.42. The van der Waals surface area contributed by atoms with Crippen LogP contribution in [0.15, 0.2) is 41.6 Å². The van der Waals surface area contributed by atoms with E-state index in [1.165, 1.54) is 16.6 Å². The second kappa shape index (κ2) is 11.1. The number of hydrogen-bond acceptors (Lipinski definition) is 5. The van der Waals surface area contributed by atoms with E-state index in [0.29, 0.717) is 30.8 Å². The Labute approximate surface area is 208 Å². The van der Waals surface area contributed by atoms with Gasteiger partial charge in [-0.2, -0.15) is 5.10 Å². The first-order valence-corrected chi connectivity index (χ1v) is 14.5. The molecular weight excluding hydrogens is 593 g/mol. The summed E-state index contributed by atoms with van der Waals surface area (Å²) in [4.78, 5) is 18.6. The minimum atomic E-state index is -4.76. The van der Waals surface area contributed by atoms with E-state index < -0.39 is 6.36 Å². The standard InChI is InChI=1S/C18H15ClF3IN5O2P.C2H6/c19-16-14(7-25-28(31-23)17(16)29)26-6-5-13-12(9-26)24-10-27(13)8-11-3-1-2-4-15(11)30-18(20,21)22;1-2/h1-4,7,10,31H,5-6,8-9H2;1-2H3. The van der Waals surface area contributed by atoms with E-state index in [4.69, 9.17) is 11.6 Å². The number of alkyl halides is 3. The number of imidazole rings is 1. The molecule has 3 heterocycles. The van der Waals surface area contributed by atoms with Gasteiger partial charge in [0.1, 0.15) is 10.8 Å². The van der Waals surface area contributed by atoms with Crippen molar-refractivity contribution < 1.29 is 17.9 Å². The third kappa shape index (κ3) is 5.99. The predicted molar refractivity (Wildman–Crippen MR) is 132 cm³/mol. The molecule has 4 rings (SSSR count). The number of para-hydroxylation sites is 1. The lowest BCUT2D eigenvalue weighted by molar-refractivity contribution is -0.274. The first-order valence-electron chi connectivity index (χ1n) is 10.0. The Hall–Kier alpha value is -1.85. The van der Waals surface area contributed by atoms with Crippen LogP contribution in [-0.2, 0) is 19.5 Å². The molecule has 0 spiro atoms. The van der Waals surface area contributed by atoms with Crippen LogP contribution in [0.1, 0.15) is 30.8 Å². The Bertz CT molecular complexity index is 1170. The molecule has 1 unspecified atom stereocenters. The number of benzene rings is 1. The van der Waals surface area contributed by atoms with Crippen molar-refractivity contribution in [3.8, 4) is 5.75 Å². The summed E-state index contributed by atoms with van der Waals surface area (Å²) < 4.78 is 45.4. The number of aromatic nitrogens is 4. The van der Waals surface area contributed by atoms with Gasteiger partial charge in [-0.25, -0.2) is 9.44 Å². The van der Waals surface area contributed by atoms with Gasteiger partial charge in [-0.05, 0) is 28.1 Å². The van der Waals surface area contributed by atoms with E-state index in [1.807, 2.05) is 23.3 Å². The van der Waals surface area contributed by atoms with Gasteiger partial charge in [0, 0.05) is 24.2 Å². The largest absolute Gasteiger partial charge is 0.573 e. The number of fused-ring (bicyclic) bond motifs is 1. The Morgan fingerprint density at radius 1 is 1.27 bits per heavy atom. The molecule has 7 nitrogen and oxygen atoms in total. The maximum Gasteiger partial charge on any atom is 0.573 e. The van der Waals surface area contributed by atoms with E-state index in [2.05, 4.69) is 36.9 Å². The molecule has 1 aliphatic rings. The molecule has 2 aromatic heterocycles. The van der Waals surface area contributed by atoms with Crippen molar-refractivity contribution in [3.05, 3.63) is 69.1 Å². The smallest absolute Gasteiger partial charge is 0.405 e. The Balaban J connectivity index is 0.00000149. The Morgan fingerprint density at radius 2 is 2.00 bits per heavy atom. The molecule has 0 saturated heterocycles. The van der Waals surface area contributed by atoms with Crippen LogP contribution >= 0.6 is 40.0 Å². The maximum atomic E-state index is 12.7. The summed E-state index contributed by atoms with van der Waals surface area (Å²) in [6, 6.07) is 6.05. The molecule has 0 saturated carbocycles. The summed E-state index contributed by atoms with van der Waals surface area (Å²) in [5, 5.41) is 4.25. The molecule has 0 N–H and O–H groups in total. The lowest BCUT2D eigenvalue weighted by atomic mass is 10.1. The molecule has 1 aliphatic heterocycles. The SMILES string of the molecule is CC.O=c1c(Cl)c(N2CCc3c(ncn3Cc3ccccc3OC(F)(F)F)C2)cnn1PI. The summed E-state index contributed by atoms with van der Waals surface area (Å²) in [5.74, 6) is -0.232. The van der Waals surface area contributed by atoms with E-state index >= 15 is 0 Å².